The molecule has 0 aliphatic rings. The van der Waals surface area contributed by atoms with E-state index in [0.717, 1.165) is 25.3 Å². The van der Waals surface area contributed by atoms with Crippen LogP contribution in [0.4, 0.5) is 11.8 Å². The first-order valence-electron chi connectivity index (χ1n) is 14.6. The van der Waals surface area contributed by atoms with Crippen molar-refractivity contribution in [2.75, 3.05) is 22.7 Å². The Bertz CT molecular complexity index is 2030. The van der Waals surface area contributed by atoms with Crippen LogP contribution in [-0.2, 0) is 25.5 Å². The molecule has 0 N–H and O–H groups in total. The van der Waals surface area contributed by atoms with E-state index in [2.05, 4.69) is 20.8 Å². The summed E-state index contributed by atoms with van der Waals surface area (Å²) >= 11 is 0. The third kappa shape index (κ3) is 6.15. The molecule has 9 heteroatoms. The highest BCUT2D eigenvalue weighted by molar-refractivity contribution is 7.93. The van der Waals surface area contributed by atoms with E-state index in [0.29, 0.717) is 22.3 Å². The lowest BCUT2D eigenvalue weighted by molar-refractivity contribution is 0.555. The van der Waals surface area contributed by atoms with E-state index in [9.17, 15) is 16.8 Å². The van der Waals surface area contributed by atoms with Gasteiger partial charge in [0, 0.05) is 14.1 Å². The standard InChI is InChI=1S/C36H38N2O5S2/c1-25-13-21-30(22-14-25)44(39,40)37(6)34-32(27-11-9-8-10-12-27)33(28-17-19-29(20-18-28)36(3,4)5)35(43-34)38(7)45(41,42)31-23-15-26(2)16-24-31/h8-24H,1-7H3. The van der Waals surface area contributed by atoms with E-state index in [1.165, 1.54) is 14.1 Å². The summed E-state index contributed by atoms with van der Waals surface area (Å²) in [6, 6.07) is 30.2. The zero-order chi connectivity index (χ0) is 32.7. The highest BCUT2D eigenvalue weighted by Crippen LogP contribution is 2.50. The third-order valence-corrected chi connectivity index (χ3v) is 11.4. The summed E-state index contributed by atoms with van der Waals surface area (Å²) < 4.78 is 64.6. The Morgan fingerprint density at radius 2 is 0.911 bits per heavy atom. The first kappa shape index (κ1) is 32.1. The number of rotatable bonds is 8. The highest BCUT2D eigenvalue weighted by Gasteiger charge is 2.35. The van der Waals surface area contributed by atoms with Crippen molar-refractivity contribution >= 4 is 31.8 Å². The first-order valence-corrected chi connectivity index (χ1v) is 17.4. The lowest BCUT2D eigenvalue weighted by atomic mass is 9.86. The molecule has 0 unspecified atom stereocenters. The average Bonchev–Trinajstić information content (AvgIpc) is 3.41. The monoisotopic (exact) mass is 642 g/mol. The van der Waals surface area contributed by atoms with Crippen molar-refractivity contribution < 1.29 is 21.3 Å². The first-order chi connectivity index (χ1) is 21.1. The van der Waals surface area contributed by atoms with Crippen LogP contribution < -0.4 is 8.61 Å². The van der Waals surface area contributed by atoms with Crippen LogP contribution in [0.3, 0.4) is 0 Å². The Hall–Kier alpha value is -4.34. The lowest BCUT2D eigenvalue weighted by Crippen LogP contribution is -2.27. The number of nitrogens with zero attached hydrogens (tertiary/aromatic N) is 2. The molecule has 0 amide bonds. The van der Waals surface area contributed by atoms with E-state index >= 15 is 0 Å². The zero-order valence-electron chi connectivity index (χ0n) is 26.6. The van der Waals surface area contributed by atoms with Crippen LogP contribution in [0.15, 0.2) is 117 Å². The van der Waals surface area contributed by atoms with Crippen molar-refractivity contribution in [3.63, 3.8) is 0 Å². The van der Waals surface area contributed by atoms with Crippen molar-refractivity contribution in [2.24, 2.45) is 0 Å². The number of furan rings is 1. The quantitative estimate of drug-likeness (QED) is 0.170. The minimum atomic E-state index is -4.10. The van der Waals surface area contributed by atoms with Gasteiger partial charge in [0.25, 0.3) is 20.0 Å². The van der Waals surface area contributed by atoms with Gasteiger partial charge in [-0.05, 0) is 60.2 Å². The summed E-state index contributed by atoms with van der Waals surface area (Å²) in [7, 11) is -5.35. The molecule has 0 aliphatic carbocycles. The van der Waals surface area contributed by atoms with Gasteiger partial charge in [-0.3, -0.25) is 0 Å². The SMILES string of the molecule is Cc1ccc(S(=O)(=O)N(C)c2oc(N(C)S(=O)(=O)c3ccc(C)cc3)c(-c3ccc(C(C)(C)C)cc3)c2-c2ccccc2)cc1. The predicted molar refractivity (Wildman–Crippen MR) is 182 cm³/mol. The molecule has 0 aliphatic heterocycles. The summed E-state index contributed by atoms with van der Waals surface area (Å²) in [6.07, 6.45) is 0. The molecule has 4 aromatic carbocycles. The minimum Gasteiger partial charge on any atom is -0.422 e. The van der Waals surface area contributed by atoms with Crippen LogP contribution in [0.1, 0.15) is 37.5 Å². The number of aryl methyl sites for hydroxylation is 2. The van der Waals surface area contributed by atoms with Gasteiger partial charge in [-0.15, -0.1) is 0 Å². The Morgan fingerprint density at radius 3 is 1.29 bits per heavy atom. The molecule has 0 radical (unpaired) electrons. The number of hydrogen-bond donors (Lipinski definition) is 0. The van der Waals surface area contributed by atoms with Crippen LogP contribution in [0.2, 0.25) is 0 Å². The summed E-state index contributed by atoms with van der Waals surface area (Å²) in [5.41, 5.74) is 5.09. The maximum Gasteiger partial charge on any atom is 0.266 e. The Morgan fingerprint density at radius 1 is 0.533 bits per heavy atom. The Kier molecular flexibility index (Phi) is 8.46. The fourth-order valence-electron chi connectivity index (χ4n) is 5.08. The molecule has 0 saturated carbocycles. The fraction of sp³-hybridized carbons (Fsp3) is 0.222. The van der Waals surface area contributed by atoms with Gasteiger partial charge >= 0.3 is 0 Å². The number of hydrogen-bond acceptors (Lipinski definition) is 5. The Labute approximate surface area is 266 Å². The zero-order valence-corrected chi connectivity index (χ0v) is 28.2. The molecule has 234 valence electrons. The molecule has 0 saturated heterocycles. The summed E-state index contributed by atoms with van der Waals surface area (Å²) in [5.74, 6) is -0.00322. The second kappa shape index (κ2) is 11.9. The van der Waals surface area contributed by atoms with Crippen LogP contribution in [-0.4, -0.2) is 30.9 Å². The topological polar surface area (TPSA) is 87.9 Å². The molecule has 1 aromatic heterocycles. The van der Waals surface area contributed by atoms with Crippen molar-refractivity contribution in [2.45, 2.75) is 49.8 Å². The van der Waals surface area contributed by atoms with E-state index in [1.807, 2.05) is 68.4 Å². The largest absolute Gasteiger partial charge is 0.422 e. The van der Waals surface area contributed by atoms with Crippen molar-refractivity contribution in [1.29, 1.82) is 0 Å². The number of anilines is 2. The Balaban J connectivity index is 1.82. The van der Waals surface area contributed by atoms with Crippen LogP contribution in [0.5, 0.6) is 0 Å². The van der Waals surface area contributed by atoms with Gasteiger partial charge in [-0.1, -0.05) is 111 Å². The second-order valence-electron chi connectivity index (χ2n) is 12.2. The van der Waals surface area contributed by atoms with Crippen molar-refractivity contribution in [1.82, 2.24) is 0 Å². The summed E-state index contributed by atoms with van der Waals surface area (Å²) in [6.45, 7) is 10.1. The molecule has 1 heterocycles. The van der Waals surface area contributed by atoms with E-state index in [-0.39, 0.29) is 27.0 Å². The molecule has 0 atom stereocenters. The maximum absolute atomic E-state index is 14.0. The van der Waals surface area contributed by atoms with E-state index in [1.54, 1.807) is 48.5 Å². The number of sulfonamides is 2. The van der Waals surface area contributed by atoms with Gasteiger partial charge in [0.15, 0.2) is 0 Å². The predicted octanol–water partition coefficient (Wildman–Crippen LogP) is 8.18. The maximum atomic E-state index is 14.0. The van der Waals surface area contributed by atoms with Crippen LogP contribution >= 0.6 is 0 Å². The van der Waals surface area contributed by atoms with Crippen LogP contribution in [0, 0.1) is 13.8 Å². The van der Waals surface area contributed by atoms with E-state index < -0.39 is 20.0 Å². The van der Waals surface area contributed by atoms with Gasteiger partial charge in [0.05, 0.1) is 20.9 Å². The van der Waals surface area contributed by atoms with Gasteiger partial charge in [0.1, 0.15) is 0 Å². The smallest absolute Gasteiger partial charge is 0.266 e. The third-order valence-electron chi connectivity index (χ3n) is 7.90. The lowest BCUT2D eigenvalue weighted by Gasteiger charge is -2.21. The second-order valence-corrected chi connectivity index (χ2v) is 16.2. The molecule has 45 heavy (non-hydrogen) atoms. The molecule has 0 spiro atoms. The van der Waals surface area contributed by atoms with E-state index in [4.69, 9.17) is 4.42 Å². The van der Waals surface area contributed by atoms with Crippen molar-refractivity contribution in [3.8, 4) is 22.3 Å². The molecular weight excluding hydrogens is 605 g/mol. The van der Waals surface area contributed by atoms with Gasteiger partial charge in [0.2, 0.25) is 11.8 Å². The molecular formula is C36H38N2O5S2. The summed E-state index contributed by atoms with van der Waals surface area (Å²) in [4.78, 5) is 0.175. The molecule has 7 nitrogen and oxygen atoms in total. The van der Waals surface area contributed by atoms with Crippen LogP contribution in [0.25, 0.3) is 22.3 Å². The van der Waals surface area contributed by atoms with Gasteiger partial charge < -0.3 is 4.42 Å². The molecule has 0 bridgehead atoms. The van der Waals surface area contributed by atoms with Gasteiger partial charge in [-0.25, -0.2) is 25.4 Å². The highest BCUT2D eigenvalue weighted by atomic mass is 32.2. The average molecular weight is 643 g/mol. The van der Waals surface area contributed by atoms with Gasteiger partial charge in [-0.2, -0.15) is 0 Å². The molecule has 5 aromatic rings. The summed E-state index contributed by atoms with van der Waals surface area (Å²) in [5, 5.41) is 0. The fourth-order valence-corrected chi connectivity index (χ4v) is 7.37. The molecule has 0 fully saturated rings. The normalized spacial score (nSPS) is 12.2. The molecule has 5 rings (SSSR count). The van der Waals surface area contributed by atoms with Crippen molar-refractivity contribution in [3.05, 3.63) is 120 Å². The minimum absolute atomic E-state index is 0.00103. The number of benzene rings is 4.